The van der Waals surface area contributed by atoms with Crippen LogP contribution in [0.1, 0.15) is 36.5 Å². The number of rotatable bonds is 12. The van der Waals surface area contributed by atoms with Gasteiger partial charge in [-0.15, -0.1) is 0 Å². The number of anilines is 2. The van der Waals surface area contributed by atoms with Crippen molar-refractivity contribution < 1.29 is 29.0 Å². The second-order valence-corrected chi connectivity index (χ2v) is 20.0. The average Bonchev–Trinajstić information content (AvgIpc) is 3.57. The molecule has 2 saturated heterocycles. The Kier molecular flexibility index (Phi) is 10.3. The molecule has 3 aliphatic heterocycles. The summed E-state index contributed by atoms with van der Waals surface area (Å²) in [6, 6.07) is 31.1. The van der Waals surface area contributed by atoms with Gasteiger partial charge in [0, 0.05) is 48.2 Å². The van der Waals surface area contributed by atoms with Gasteiger partial charge in [-0.2, -0.15) is 0 Å². The van der Waals surface area contributed by atoms with E-state index in [1.165, 1.54) is 5.19 Å². The summed E-state index contributed by atoms with van der Waals surface area (Å²) in [4.78, 5) is 46.7. The Morgan fingerprint density at radius 2 is 1.72 bits per heavy atom. The number of amides is 3. The molecule has 3 aliphatic rings. The molecule has 3 amide bonds. The molecule has 276 valence electrons. The number of aliphatic hydroxyl groups excluding tert-OH is 1. The number of hydrogen-bond acceptors (Lipinski definition) is 6. The van der Waals surface area contributed by atoms with E-state index in [2.05, 4.69) is 32.2 Å². The van der Waals surface area contributed by atoms with Crippen molar-refractivity contribution in [3.63, 3.8) is 0 Å². The first-order valence-corrected chi connectivity index (χ1v) is 21.7. The lowest BCUT2D eigenvalue weighted by atomic mass is 9.82. The van der Waals surface area contributed by atoms with Gasteiger partial charge in [-0.3, -0.25) is 14.4 Å². The van der Waals surface area contributed by atoms with Gasteiger partial charge in [0.2, 0.25) is 11.8 Å². The van der Waals surface area contributed by atoms with Crippen molar-refractivity contribution in [2.24, 2.45) is 5.92 Å². The number of methoxy groups -OCH3 is 1. The fourth-order valence-corrected chi connectivity index (χ4v) is 12.9. The van der Waals surface area contributed by atoms with E-state index in [4.69, 9.17) is 21.1 Å². The molecule has 9 nitrogen and oxygen atoms in total. The summed E-state index contributed by atoms with van der Waals surface area (Å²) in [5, 5.41) is 11.7. The van der Waals surface area contributed by atoms with Gasteiger partial charge in [0.1, 0.15) is 5.75 Å². The molecule has 0 bridgehead atoms. The number of benzene rings is 4. The molecule has 7 rings (SSSR count). The Morgan fingerprint density at radius 3 is 2.34 bits per heavy atom. The Balaban J connectivity index is 1.26. The molecule has 0 aliphatic carbocycles. The molecule has 53 heavy (non-hydrogen) atoms. The van der Waals surface area contributed by atoms with Gasteiger partial charge < -0.3 is 29.3 Å². The predicted octanol–water partition coefficient (Wildman–Crippen LogP) is 6.26. The summed E-state index contributed by atoms with van der Waals surface area (Å²) in [5.74, 6) is 0.221. The molecule has 0 radical (unpaired) electrons. The lowest BCUT2D eigenvalue weighted by Gasteiger charge is -2.37. The van der Waals surface area contributed by atoms with Gasteiger partial charge >= 0.3 is 0 Å². The summed E-state index contributed by atoms with van der Waals surface area (Å²) in [5.41, 5.74) is 2.63. The van der Waals surface area contributed by atoms with Crippen LogP contribution in [0, 0.1) is 5.92 Å². The molecule has 4 aromatic rings. The van der Waals surface area contributed by atoms with E-state index >= 15 is 4.79 Å². The SMILES string of the molecule is COc1ccc([Si](C)(C)[C@H]2[C@H](CC(=O)N(CCO)Cc3ccccc3)O[C@@]3(C(=O)N(Cc4ccc(N5CCC5=O)cc4)c4ccc(Cl)cc43)[C@@H]2C)cc1. The topological polar surface area (TPSA) is 99.6 Å². The minimum atomic E-state index is -2.51. The molecule has 0 saturated carbocycles. The van der Waals surface area contributed by atoms with Crippen molar-refractivity contribution in [3.8, 4) is 5.75 Å². The molecule has 2 fully saturated rings. The maximum atomic E-state index is 15.2. The predicted molar refractivity (Wildman–Crippen MR) is 209 cm³/mol. The van der Waals surface area contributed by atoms with Crippen molar-refractivity contribution in [2.45, 2.75) is 63.2 Å². The van der Waals surface area contributed by atoms with Crippen molar-refractivity contribution in [3.05, 3.63) is 119 Å². The van der Waals surface area contributed by atoms with Crippen LogP contribution in [-0.2, 0) is 37.8 Å². The third-order valence-electron chi connectivity index (χ3n) is 11.6. The Labute approximate surface area is 317 Å². The molecule has 1 N–H and O–H groups in total. The summed E-state index contributed by atoms with van der Waals surface area (Å²) in [6.45, 7) is 8.03. The van der Waals surface area contributed by atoms with Crippen molar-refractivity contribution >= 4 is 54.0 Å². The van der Waals surface area contributed by atoms with E-state index in [1.807, 2.05) is 78.9 Å². The zero-order chi connectivity index (χ0) is 37.5. The van der Waals surface area contributed by atoms with Gasteiger partial charge in [0.15, 0.2) is 5.60 Å². The summed E-state index contributed by atoms with van der Waals surface area (Å²) in [6.07, 6.45) is 0.0139. The molecule has 3 heterocycles. The minimum absolute atomic E-state index is 0.0516. The standard InChI is InChI=1S/C42H46ClN3O6Si/c1-28-40(53(3,4)34-17-15-33(51-2)16-18-34)37(25-39(49)44(22-23-47)26-29-8-6-5-7-9-29)52-42(28)35-24-31(43)12-19-36(35)46(41(42)50)27-30-10-13-32(14-11-30)45-21-20-38(45)48/h5-19,24,28,37,40,47H,20-23,25-27H2,1-4H3/t28-,37+,40-,42+/m1/s1. The second kappa shape index (κ2) is 14.7. The number of ether oxygens (including phenoxy) is 2. The molecule has 0 aromatic heterocycles. The highest BCUT2D eigenvalue weighted by Crippen LogP contribution is 2.60. The molecule has 4 aromatic carbocycles. The Morgan fingerprint density at radius 1 is 1.00 bits per heavy atom. The molecular formula is C42H46ClN3O6Si. The van der Waals surface area contributed by atoms with Crippen LogP contribution in [-0.4, -0.2) is 68.7 Å². The molecule has 4 atom stereocenters. The Bertz CT molecular complexity index is 1990. The Hall–Kier alpha value is -4.48. The van der Waals surface area contributed by atoms with E-state index in [0.29, 0.717) is 36.6 Å². The number of hydrogen-bond donors (Lipinski definition) is 1. The number of carbonyl (C=O) groups excluding carboxylic acids is 3. The monoisotopic (exact) mass is 751 g/mol. The van der Waals surface area contributed by atoms with Gasteiger partial charge in [0.05, 0.1) is 46.5 Å². The number of nitrogens with zero attached hydrogens (tertiary/aromatic N) is 3. The third kappa shape index (κ3) is 6.67. The van der Waals surface area contributed by atoms with Crippen LogP contribution in [0.5, 0.6) is 5.75 Å². The molecule has 11 heteroatoms. The van der Waals surface area contributed by atoms with E-state index in [1.54, 1.807) is 27.9 Å². The highest BCUT2D eigenvalue weighted by Gasteiger charge is 2.66. The maximum absolute atomic E-state index is 15.2. The number of fused-ring (bicyclic) bond motifs is 2. The normalized spacial score (nSPS) is 22.3. The zero-order valence-corrected chi connectivity index (χ0v) is 32.4. The quantitative estimate of drug-likeness (QED) is 0.136. The lowest BCUT2D eigenvalue weighted by Crippen LogP contribution is -2.52. The summed E-state index contributed by atoms with van der Waals surface area (Å²) < 4.78 is 12.7. The smallest absolute Gasteiger partial charge is 0.264 e. The van der Waals surface area contributed by atoms with Gasteiger partial charge in [-0.05, 0) is 59.1 Å². The largest absolute Gasteiger partial charge is 0.497 e. The van der Waals surface area contributed by atoms with Crippen molar-refractivity contribution in [2.75, 3.05) is 36.6 Å². The number of β-lactam (4-membered cyclic amide) rings is 1. The van der Waals surface area contributed by atoms with Crippen LogP contribution >= 0.6 is 11.6 Å². The fourth-order valence-electron chi connectivity index (χ4n) is 8.71. The van der Waals surface area contributed by atoms with E-state index in [-0.39, 0.29) is 48.8 Å². The van der Waals surface area contributed by atoms with Crippen LogP contribution in [0.25, 0.3) is 0 Å². The molecule has 0 unspecified atom stereocenters. The fraction of sp³-hybridized carbons (Fsp3) is 0.357. The average molecular weight is 752 g/mol. The summed E-state index contributed by atoms with van der Waals surface area (Å²) in [7, 11) is -0.870. The lowest BCUT2D eigenvalue weighted by molar-refractivity contribution is -0.150. The highest BCUT2D eigenvalue weighted by atomic mass is 35.5. The van der Waals surface area contributed by atoms with Crippen molar-refractivity contribution in [1.82, 2.24) is 4.90 Å². The number of carbonyl (C=O) groups is 3. The minimum Gasteiger partial charge on any atom is -0.497 e. The van der Waals surface area contributed by atoms with Gasteiger partial charge in [0.25, 0.3) is 5.91 Å². The van der Waals surface area contributed by atoms with E-state index < -0.39 is 19.8 Å². The van der Waals surface area contributed by atoms with Gasteiger partial charge in [-0.25, -0.2) is 0 Å². The van der Waals surface area contributed by atoms with E-state index in [9.17, 15) is 14.7 Å². The van der Waals surface area contributed by atoms with Crippen LogP contribution in [0.4, 0.5) is 11.4 Å². The third-order valence-corrected chi connectivity index (χ3v) is 16.1. The van der Waals surface area contributed by atoms with Crippen molar-refractivity contribution in [1.29, 1.82) is 0 Å². The molecular weight excluding hydrogens is 706 g/mol. The van der Waals surface area contributed by atoms with E-state index in [0.717, 1.165) is 28.3 Å². The van der Waals surface area contributed by atoms with Crippen LogP contribution in [0.2, 0.25) is 23.7 Å². The number of aliphatic hydroxyl groups is 1. The first-order chi connectivity index (χ1) is 25.5. The van der Waals surface area contributed by atoms with Gasteiger partial charge in [-0.1, -0.05) is 91.4 Å². The van der Waals surface area contributed by atoms with Crippen LogP contribution in [0.15, 0.2) is 97.1 Å². The molecule has 1 spiro atoms. The first-order valence-electron chi connectivity index (χ1n) is 18.2. The highest BCUT2D eigenvalue weighted by molar-refractivity contribution is 6.91. The first kappa shape index (κ1) is 36.9. The maximum Gasteiger partial charge on any atom is 0.264 e. The van der Waals surface area contributed by atoms with Crippen LogP contribution in [0.3, 0.4) is 0 Å². The number of halogens is 1. The second-order valence-electron chi connectivity index (χ2n) is 14.9. The zero-order valence-electron chi connectivity index (χ0n) is 30.6. The van der Waals surface area contributed by atoms with Crippen LogP contribution < -0.4 is 19.7 Å². The summed E-state index contributed by atoms with van der Waals surface area (Å²) >= 11 is 6.69.